The van der Waals surface area contributed by atoms with Gasteiger partial charge in [0.2, 0.25) is 0 Å². The highest BCUT2D eigenvalue weighted by Crippen LogP contribution is 2.18. The van der Waals surface area contributed by atoms with Gasteiger partial charge in [-0.2, -0.15) is 9.90 Å². The van der Waals surface area contributed by atoms with Gasteiger partial charge in [0.1, 0.15) is 12.3 Å². The molecule has 0 bridgehead atoms. The summed E-state index contributed by atoms with van der Waals surface area (Å²) in [4.78, 5) is 5.58. The van der Waals surface area contributed by atoms with Crippen LogP contribution < -0.4 is 10.5 Å². The highest BCUT2D eigenvalue weighted by atomic mass is 32.1. The molecule has 2 heterocycles. The molecule has 0 unspecified atom stereocenters. The Morgan fingerprint density at radius 1 is 1.53 bits per heavy atom. The molecule has 2 aromatic heterocycles. The summed E-state index contributed by atoms with van der Waals surface area (Å²) in [6, 6.07) is 0. The van der Waals surface area contributed by atoms with Crippen molar-refractivity contribution in [3.05, 3.63) is 16.8 Å². The van der Waals surface area contributed by atoms with Crippen LogP contribution in [0.2, 0.25) is 0 Å². The average Bonchev–Trinajstić information content (AvgIpc) is 2.70. The molecule has 0 aliphatic heterocycles. The van der Waals surface area contributed by atoms with Crippen molar-refractivity contribution in [3.63, 3.8) is 0 Å². The van der Waals surface area contributed by atoms with Crippen LogP contribution in [0.4, 0.5) is 5.82 Å². The van der Waals surface area contributed by atoms with Gasteiger partial charge >= 0.3 is 0 Å². The fourth-order valence-electron chi connectivity index (χ4n) is 1.09. The summed E-state index contributed by atoms with van der Waals surface area (Å²) < 4.78 is 5.42. The van der Waals surface area contributed by atoms with E-state index in [9.17, 15) is 0 Å². The number of thiazole rings is 1. The van der Waals surface area contributed by atoms with E-state index >= 15 is 0 Å². The van der Waals surface area contributed by atoms with Crippen molar-refractivity contribution in [2.45, 2.75) is 13.5 Å². The predicted octanol–water partition coefficient (Wildman–Crippen LogP) is 0.741. The van der Waals surface area contributed by atoms with E-state index in [1.165, 1.54) is 16.1 Å². The molecular weight excluding hydrogens is 214 g/mol. The Morgan fingerprint density at radius 2 is 2.33 bits per heavy atom. The van der Waals surface area contributed by atoms with Gasteiger partial charge in [0.15, 0.2) is 5.82 Å². The lowest BCUT2D eigenvalue weighted by atomic mass is 10.5. The molecule has 2 rings (SSSR count). The highest BCUT2D eigenvalue weighted by Gasteiger charge is 2.07. The Labute approximate surface area is 90.7 Å². The summed E-state index contributed by atoms with van der Waals surface area (Å²) in [6.45, 7) is 2.21. The quantitative estimate of drug-likeness (QED) is 0.833. The lowest BCUT2D eigenvalue weighted by molar-refractivity contribution is 0.298. The molecule has 15 heavy (non-hydrogen) atoms. The van der Waals surface area contributed by atoms with Crippen LogP contribution in [-0.4, -0.2) is 20.0 Å². The molecule has 0 atom stereocenters. The highest BCUT2D eigenvalue weighted by molar-refractivity contribution is 7.11. The van der Waals surface area contributed by atoms with Crippen molar-refractivity contribution in [1.82, 2.24) is 20.0 Å². The van der Waals surface area contributed by atoms with Crippen LogP contribution >= 0.6 is 11.3 Å². The zero-order valence-corrected chi connectivity index (χ0v) is 9.28. The van der Waals surface area contributed by atoms with Crippen molar-refractivity contribution >= 4 is 17.2 Å². The van der Waals surface area contributed by atoms with Gasteiger partial charge in [0, 0.05) is 12.4 Å². The fraction of sp³-hybridized carbons (Fsp3) is 0.375. The molecule has 0 saturated carbocycles. The second-order valence-corrected chi connectivity index (χ2v) is 3.89. The number of ether oxygens (including phenoxy) is 1. The van der Waals surface area contributed by atoms with Crippen LogP contribution in [0.3, 0.4) is 0 Å². The van der Waals surface area contributed by atoms with E-state index in [0.29, 0.717) is 23.3 Å². The van der Waals surface area contributed by atoms with Gasteiger partial charge < -0.3 is 10.5 Å². The van der Waals surface area contributed by atoms with Crippen molar-refractivity contribution in [2.24, 2.45) is 7.05 Å². The summed E-state index contributed by atoms with van der Waals surface area (Å²) in [5.74, 6) is 0.394. The Bertz CT molecular complexity index is 463. The minimum absolute atomic E-state index is 0.298. The minimum Gasteiger partial charge on any atom is -0.463 e. The molecule has 80 valence electrons. The van der Waals surface area contributed by atoms with Crippen molar-refractivity contribution in [2.75, 3.05) is 5.73 Å². The van der Waals surface area contributed by atoms with Gasteiger partial charge in [-0.15, -0.1) is 5.10 Å². The Balaban J connectivity index is 2.01. The van der Waals surface area contributed by atoms with E-state index in [-0.39, 0.29) is 0 Å². The molecular formula is C8H11N5OS. The fourth-order valence-corrected chi connectivity index (χ4v) is 1.74. The average molecular weight is 225 g/mol. The Morgan fingerprint density at radius 3 is 2.87 bits per heavy atom. The van der Waals surface area contributed by atoms with E-state index in [1.54, 1.807) is 7.05 Å². The summed E-state index contributed by atoms with van der Waals surface area (Å²) in [5.41, 5.74) is 7.20. The van der Waals surface area contributed by atoms with Gasteiger partial charge in [0.25, 0.3) is 5.19 Å². The lowest BCUT2D eigenvalue weighted by Gasteiger charge is -1.98. The molecule has 0 saturated heterocycles. The minimum atomic E-state index is 0.298. The molecule has 0 spiro atoms. The summed E-state index contributed by atoms with van der Waals surface area (Å²) in [5, 5.41) is 10.5. The number of nitrogen functional groups attached to an aromatic ring is 1. The lowest BCUT2D eigenvalue weighted by Crippen LogP contribution is -2.00. The monoisotopic (exact) mass is 225 g/mol. The first-order valence-corrected chi connectivity index (χ1v) is 5.23. The summed E-state index contributed by atoms with van der Waals surface area (Å²) in [6.07, 6.45) is 0. The second-order valence-electron chi connectivity index (χ2n) is 3.06. The third-order valence-electron chi connectivity index (χ3n) is 1.74. The zero-order chi connectivity index (χ0) is 10.8. The molecule has 0 amide bonds. The number of hydrogen-bond acceptors (Lipinski definition) is 6. The Kier molecular flexibility index (Phi) is 2.55. The van der Waals surface area contributed by atoms with Crippen molar-refractivity contribution in [3.8, 4) is 5.19 Å². The molecule has 0 aromatic carbocycles. The first-order chi connectivity index (χ1) is 7.15. The number of rotatable bonds is 3. The molecule has 0 aliphatic rings. The maximum absolute atomic E-state index is 5.62. The smallest absolute Gasteiger partial charge is 0.273 e. The van der Waals surface area contributed by atoms with Gasteiger partial charge in [-0.05, 0) is 6.92 Å². The van der Waals surface area contributed by atoms with Crippen molar-refractivity contribution in [1.29, 1.82) is 0 Å². The van der Waals surface area contributed by atoms with E-state index < -0.39 is 0 Å². The van der Waals surface area contributed by atoms with Gasteiger partial charge in [0.05, 0.1) is 5.69 Å². The number of anilines is 1. The standard InChI is InChI=1S/C8H11N5OS/c1-5-4-15-8(10-5)14-3-6-7(9)12-13(2)11-6/h4H,3H2,1-2H3,(H2,9,12). The second kappa shape index (κ2) is 3.85. The molecule has 7 heteroatoms. The van der Waals surface area contributed by atoms with E-state index in [4.69, 9.17) is 10.5 Å². The molecule has 2 N–H and O–H groups in total. The first-order valence-electron chi connectivity index (χ1n) is 4.36. The van der Waals surface area contributed by atoms with Gasteiger partial charge in [-0.1, -0.05) is 11.3 Å². The first kappa shape index (κ1) is 9.91. The van der Waals surface area contributed by atoms with Crippen molar-refractivity contribution < 1.29 is 4.74 Å². The largest absolute Gasteiger partial charge is 0.463 e. The summed E-state index contributed by atoms with van der Waals surface area (Å²) in [7, 11) is 1.72. The molecule has 0 radical (unpaired) electrons. The normalized spacial score (nSPS) is 10.5. The maximum Gasteiger partial charge on any atom is 0.273 e. The van der Waals surface area contributed by atoms with E-state index in [2.05, 4.69) is 15.2 Å². The topological polar surface area (TPSA) is 78.8 Å². The molecule has 6 nitrogen and oxygen atoms in total. The zero-order valence-electron chi connectivity index (χ0n) is 8.47. The van der Waals surface area contributed by atoms with E-state index in [1.807, 2.05) is 12.3 Å². The number of aryl methyl sites for hydroxylation is 2. The third-order valence-corrected chi connectivity index (χ3v) is 2.61. The van der Waals surface area contributed by atoms with Crippen LogP contribution in [0.25, 0.3) is 0 Å². The maximum atomic E-state index is 5.62. The predicted molar refractivity (Wildman–Crippen MR) is 56.6 cm³/mol. The van der Waals surface area contributed by atoms with Crippen LogP contribution in [-0.2, 0) is 13.7 Å². The third kappa shape index (κ3) is 2.24. The molecule has 2 aromatic rings. The number of hydrogen-bond donors (Lipinski definition) is 1. The molecule has 0 fully saturated rings. The number of nitrogens with two attached hydrogens (primary N) is 1. The van der Waals surface area contributed by atoms with Crippen LogP contribution in [0, 0.1) is 6.92 Å². The summed E-state index contributed by atoms with van der Waals surface area (Å²) >= 11 is 1.45. The number of aromatic nitrogens is 4. The Hall–Kier alpha value is -1.63. The molecule has 0 aliphatic carbocycles. The van der Waals surface area contributed by atoms with Crippen LogP contribution in [0.15, 0.2) is 5.38 Å². The van der Waals surface area contributed by atoms with Gasteiger partial charge in [-0.3, -0.25) is 0 Å². The number of nitrogens with zero attached hydrogens (tertiary/aromatic N) is 4. The van der Waals surface area contributed by atoms with E-state index in [0.717, 1.165) is 5.69 Å². The van der Waals surface area contributed by atoms with Crippen LogP contribution in [0.1, 0.15) is 11.4 Å². The SMILES string of the molecule is Cc1csc(OCc2nn(C)nc2N)n1. The van der Waals surface area contributed by atoms with Gasteiger partial charge in [-0.25, -0.2) is 4.98 Å². The van der Waals surface area contributed by atoms with Crippen LogP contribution in [0.5, 0.6) is 5.19 Å².